The molecular formula is C14H11BrCl2O2. The van der Waals surface area contributed by atoms with Gasteiger partial charge in [0.1, 0.15) is 11.5 Å². The van der Waals surface area contributed by atoms with Gasteiger partial charge in [-0.2, -0.15) is 0 Å². The molecule has 0 saturated heterocycles. The maximum absolute atomic E-state index is 9.48. The largest absolute Gasteiger partial charge is 0.454 e. The lowest BCUT2D eigenvalue weighted by molar-refractivity contribution is 0.199. The SMILES string of the molecule is C[C@@H](O)c1ccc(Oc2ccc(Br)cc2Cl)c(Cl)c1. The lowest BCUT2D eigenvalue weighted by atomic mass is 10.1. The summed E-state index contributed by atoms with van der Waals surface area (Å²) in [6.45, 7) is 1.68. The molecule has 0 aliphatic rings. The third-order valence-electron chi connectivity index (χ3n) is 2.55. The molecule has 0 aliphatic carbocycles. The summed E-state index contributed by atoms with van der Waals surface area (Å²) in [4.78, 5) is 0. The Balaban J connectivity index is 2.28. The van der Waals surface area contributed by atoms with E-state index < -0.39 is 6.10 Å². The Kier molecular flexibility index (Phi) is 4.74. The molecule has 5 heteroatoms. The zero-order valence-electron chi connectivity index (χ0n) is 10.0. The van der Waals surface area contributed by atoms with E-state index in [1.807, 2.05) is 6.07 Å². The molecule has 2 aromatic carbocycles. The Bertz CT molecular complexity index is 600. The maximum atomic E-state index is 9.48. The summed E-state index contributed by atoms with van der Waals surface area (Å²) in [5.74, 6) is 1.02. The van der Waals surface area contributed by atoms with Crippen LogP contribution in [0.2, 0.25) is 10.0 Å². The van der Waals surface area contributed by atoms with E-state index in [1.165, 1.54) is 0 Å². The number of hydrogen-bond acceptors (Lipinski definition) is 2. The highest BCUT2D eigenvalue weighted by Gasteiger charge is 2.09. The molecule has 1 atom stereocenters. The molecule has 100 valence electrons. The lowest BCUT2D eigenvalue weighted by Gasteiger charge is -2.11. The van der Waals surface area contributed by atoms with Crippen LogP contribution < -0.4 is 4.74 Å². The molecule has 19 heavy (non-hydrogen) atoms. The highest BCUT2D eigenvalue weighted by atomic mass is 79.9. The van der Waals surface area contributed by atoms with Crippen LogP contribution in [0.1, 0.15) is 18.6 Å². The van der Waals surface area contributed by atoms with Crippen LogP contribution in [0.15, 0.2) is 40.9 Å². The normalized spacial score (nSPS) is 12.3. The summed E-state index contributed by atoms with van der Waals surface area (Å²) in [6, 6.07) is 10.5. The molecule has 0 bridgehead atoms. The van der Waals surface area contributed by atoms with Crippen molar-refractivity contribution in [2.45, 2.75) is 13.0 Å². The fourth-order valence-corrected chi connectivity index (χ4v) is 2.48. The van der Waals surface area contributed by atoms with Crippen molar-refractivity contribution in [3.8, 4) is 11.5 Å². The Morgan fingerprint density at radius 2 is 1.63 bits per heavy atom. The average Bonchev–Trinajstić information content (AvgIpc) is 2.34. The monoisotopic (exact) mass is 360 g/mol. The summed E-state index contributed by atoms with van der Waals surface area (Å²) in [6.07, 6.45) is -0.567. The standard InChI is InChI=1S/C14H11BrCl2O2/c1-8(18)9-2-4-13(11(16)6-9)19-14-5-3-10(15)7-12(14)17/h2-8,18H,1H3/t8-/m1/s1. The van der Waals surface area contributed by atoms with E-state index >= 15 is 0 Å². The zero-order chi connectivity index (χ0) is 14.0. The molecule has 0 saturated carbocycles. The number of ether oxygens (including phenoxy) is 1. The first-order valence-corrected chi connectivity index (χ1v) is 7.12. The molecule has 1 N–H and O–H groups in total. The molecule has 0 fully saturated rings. The van der Waals surface area contributed by atoms with Crippen molar-refractivity contribution in [3.05, 3.63) is 56.5 Å². The molecular weight excluding hydrogens is 351 g/mol. The molecule has 0 aliphatic heterocycles. The zero-order valence-corrected chi connectivity index (χ0v) is 13.1. The predicted octanol–water partition coefficient (Wildman–Crippen LogP) is 5.60. The van der Waals surface area contributed by atoms with Gasteiger partial charge in [0.25, 0.3) is 0 Å². The third-order valence-corrected chi connectivity index (χ3v) is 3.64. The first-order chi connectivity index (χ1) is 8.97. The molecule has 0 spiro atoms. The lowest BCUT2D eigenvalue weighted by Crippen LogP contribution is -1.92. The van der Waals surface area contributed by atoms with Crippen LogP contribution >= 0.6 is 39.1 Å². The van der Waals surface area contributed by atoms with Crippen molar-refractivity contribution in [3.63, 3.8) is 0 Å². The van der Waals surface area contributed by atoms with Gasteiger partial charge in [0, 0.05) is 4.47 Å². The molecule has 0 heterocycles. The number of aliphatic hydroxyl groups is 1. The first kappa shape index (κ1) is 14.7. The second kappa shape index (κ2) is 6.14. The Morgan fingerprint density at radius 1 is 1.05 bits per heavy atom. The number of hydrogen-bond donors (Lipinski definition) is 1. The van der Waals surface area contributed by atoms with E-state index in [0.717, 1.165) is 10.0 Å². The minimum atomic E-state index is -0.567. The van der Waals surface area contributed by atoms with Crippen LogP contribution in [0.25, 0.3) is 0 Å². The highest BCUT2D eigenvalue weighted by molar-refractivity contribution is 9.10. The third kappa shape index (κ3) is 3.63. The molecule has 2 rings (SSSR count). The first-order valence-electron chi connectivity index (χ1n) is 5.58. The minimum Gasteiger partial charge on any atom is -0.454 e. The van der Waals surface area contributed by atoms with Crippen LogP contribution in [-0.4, -0.2) is 5.11 Å². The van der Waals surface area contributed by atoms with E-state index in [-0.39, 0.29) is 0 Å². The Morgan fingerprint density at radius 3 is 2.16 bits per heavy atom. The summed E-state index contributed by atoms with van der Waals surface area (Å²) in [5, 5.41) is 10.4. The van der Waals surface area contributed by atoms with Gasteiger partial charge in [-0.05, 0) is 42.8 Å². The van der Waals surface area contributed by atoms with Crippen LogP contribution in [0, 0.1) is 0 Å². The minimum absolute atomic E-state index is 0.428. The molecule has 0 radical (unpaired) electrons. The number of rotatable bonds is 3. The van der Waals surface area contributed by atoms with Gasteiger partial charge in [-0.1, -0.05) is 45.2 Å². The quantitative estimate of drug-likeness (QED) is 0.770. The van der Waals surface area contributed by atoms with E-state index in [2.05, 4.69) is 15.9 Å². The molecule has 0 aromatic heterocycles. The summed E-state index contributed by atoms with van der Waals surface area (Å²) < 4.78 is 6.54. The van der Waals surface area contributed by atoms with Crippen molar-refractivity contribution in [2.24, 2.45) is 0 Å². The van der Waals surface area contributed by atoms with Gasteiger partial charge in [-0.25, -0.2) is 0 Å². The molecule has 2 aromatic rings. The Labute approximate surface area is 130 Å². The summed E-state index contributed by atoms with van der Waals surface area (Å²) >= 11 is 15.5. The van der Waals surface area contributed by atoms with E-state index in [0.29, 0.717) is 21.5 Å². The second-order valence-corrected chi connectivity index (χ2v) is 5.77. The van der Waals surface area contributed by atoms with Gasteiger partial charge in [0.2, 0.25) is 0 Å². The fraction of sp³-hybridized carbons (Fsp3) is 0.143. The Hall–Kier alpha value is -0.740. The van der Waals surface area contributed by atoms with Crippen molar-refractivity contribution in [1.82, 2.24) is 0 Å². The smallest absolute Gasteiger partial charge is 0.146 e. The van der Waals surface area contributed by atoms with Crippen molar-refractivity contribution >= 4 is 39.1 Å². The van der Waals surface area contributed by atoms with Gasteiger partial charge in [-0.3, -0.25) is 0 Å². The predicted molar refractivity (Wildman–Crippen MR) is 81.3 cm³/mol. The molecule has 2 nitrogen and oxygen atoms in total. The van der Waals surface area contributed by atoms with Crippen molar-refractivity contribution < 1.29 is 9.84 Å². The summed E-state index contributed by atoms with van der Waals surface area (Å²) in [5.41, 5.74) is 0.735. The van der Waals surface area contributed by atoms with Crippen LogP contribution in [0.3, 0.4) is 0 Å². The van der Waals surface area contributed by atoms with E-state index in [4.69, 9.17) is 27.9 Å². The highest BCUT2D eigenvalue weighted by Crippen LogP contribution is 2.35. The van der Waals surface area contributed by atoms with Gasteiger partial charge < -0.3 is 9.84 Å². The second-order valence-electron chi connectivity index (χ2n) is 4.04. The number of halogens is 3. The molecule has 0 amide bonds. The average molecular weight is 362 g/mol. The van der Waals surface area contributed by atoms with Crippen molar-refractivity contribution in [1.29, 1.82) is 0 Å². The number of aliphatic hydroxyl groups excluding tert-OH is 1. The maximum Gasteiger partial charge on any atom is 0.146 e. The van der Waals surface area contributed by atoms with Gasteiger partial charge in [0.15, 0.2) is 0 Å². The van der Waals surface area contributed by atoms with Crippen LogP contribution in [-0.2, 0) is 0 Å². The molecule has 0 unspecified atom stereocenters. The van der Waals surface area contributed by atoms with Gasteiger partial charge >= 0.3 is 0 Å². The van der Waals surface area contributed by atoms with Crippen molar-refractivity contribution in [2.75, 3.05) is 0 Å². The summed E-state index contributed by atoms with van der Waals surface area (Å²) in [7, 11) is 0. The van der Waals surface area contributed by atoms with Gasteiger partial charge in [0.05, 0.1) is 16.1 Å². The van der Waals surface area contributed by atoms with Crippen LogP contribution in [0.4, 0.5) is 0 Å². The van der Waals surface area contributed by atoms with E-state index in [9.17, 15) is 5.11 Å². The van der Waals surface area contributed by atoms with Crippen LogP contribution in [0.5, 0.6) is 11.5 Å². The topological polar surface area (TPSA) is 29.5 Å². The van der Waals surface area contributed by atoms with Gasteiger partial charge in [-0.15, -0.1) is 0 Å². The fourth-order valence-electron chi connectivity index (χ4n) is 1.54. The van der Waals surface area contributed by atoms with E-state index in [1.54, 1.807) is 37.3 Å². The number of benzene rings is 2.